The van der Waals surface area contributed by atoms with Gasteiger partial charge in [-0.2, -0.15) is 5.10 Å². The van der Waals surface area contributed by atoms with Gasteiger partial charge in [-0.3, -0.25) is 4.79 Å². The molecule has 0 aliphatic carbocycles. The first-order valence-electron chi connectivity index (χ1n) is 7.72. The molecule has 0 unspecified atom stereocenters. The molecule has 3 rings (SSSR count). The third-order valence-corrected chi connectivity index (χ3v) is 4.29. The van der Waals surface area contributed by atoms with Gasteiger partial charge in [-0.25, -0.2) is 14.6 Å². The summed E-state index contributed by atoms with van der Waals surface area (Å²) in [6, 6.07) is -0.00582. The summed E-state index contributed by atoms with van der Waals surface area (Å²) in [7, 11) is 0. The molecular formula is C15H22N6O. The first kappa shape index (κ1) is 14.7. The highest BCUT2D eigenvalue weighted by Crippen LogP contribution is 2.24. The van der Waals surface area contributed by atoms with Crippen LogP contribution in [-0.4, -0.2) is 48.2 Å². The number of nitrogens with zero attached hydrogens (tertiary/aromatic N) is 6. The van der Waals surface area contributed by atoms with E-state index in [-0.39, 0.29) is 18.0 Å². The van der Waals surface area contributed by atoms with E-state index in [0.29, 0.717) is 6.54 Å². The Labute approximate surface area is 130 Å². The van der Waals surface area contributed by atoms with Gasteiger partial charge in [0.25, 0.3) is 0 Å². The van der Waals surface area contributed by atoms with Crippen molar-refractivity contribution >= 4 is 5.91 Å². The molecule has 0 bridgehead atoms. The van der Waals surface area contributed by atoms with Gasteiger partial charge in [0.15, 0.2) is 0 Å². The lowest BCUT2D eigenvalue weighted by Gasteiger charge is -2.34. The molecule has 1 aliphatic rings. The number of hydrogen-bond acceptors (Lipinski definition) is 4. The number of amides is 1. The van der Waals surface area contributed by atoms with Gasteiger partial charge in [0, 0.05) is 25.5 Å². The van der Waals surface area contributed by atoms with Crippen LogP contribution < -0.4 is 0 Å². The van der Waals surface area contributed by atoms with Crippen molar-refractivity contribution in [2.75, 3.05) is 13.1 Å². The van der Waals surface area contributed by atoms with Crippen molar-refractivity contribution in [1.82, 2.24) is 29.2 Å². The SMILES string of the molecule is Cc1nc(C)n([C@@H]2CCCN(C(=O)[C@H](C)n3ccnc3)C2)n1. The second kappa shape index (κ2) is 5.90. The van der Waals surface area contributed by atoms with E-state index >= 15 is 0 Å². The van der Waals surface area contributed by atoms with Crippen molar-refractivity contribution < 1.29 is 4.79 Å². The molecule has 118 valence electrons. The maximum absolute atomic E-state index is 12.7. The second-order valence-corrected chi connectivity index (χ2v) is 5.92. The summed E-state index contributed by atoms with van der Waals surface area (Å²) >= 11 is 0. The quantitative estimate of drug-likeness (QED) is 0.862. The topological polar surface area (TPSA) is 68.8 Å². The van der Waals surface area contributed by atoms with Crippen molar-refractivity contribution in [2.45, 2.75) is 45.7 Å². The van der Waals surface area contributed by atoms with Gasteiger partial charge >= 0.3 is 0 Å². The standard InChI is InChI=1S/C15H22N6O/c1-11(20-8-6-16-10-20)15(22)19-7-4-5-14(9-19)21-13(3)17-12(2)18-21/h6,8,10-11,14H,4-5,7,9H2,1-3H3/t11-,14+/m0/s1. The molecule has 2 aromatic heterocycles. The number of aryl methyl sites for hydroxylation is 2. The molecule has 0 spiro atoms. The summed E-state index contributed by atoms with van der Waals surface area (Å²) in [6.45, 7) is 7.28. The van der Waals surface area contributed by atoms with Crippen molar-refractivity contribution in [2.24, 2.45) is 0 Å². The molecule has 3 heterocycles. The summed E-state index contributed by atoms with van der Waals surface area (Å²) in [5.74, 6) is 1.84. The number of rotatable bonds is 3. The molecule has 1 saturated heterocycles. The zero-order valence-electron chi connectivity index (χ0n) is 13.3. The Balaban J connectivity index is 1.73. The normalized spacial score (nSPS) is 20.1. The van der Waals surface area contributed by atoms with Crippen LogP contribution in [0, 0.1) is 13.8 Å². The molecular weight excluding hydrogens is 280 g/mol. The maximum Gasteiger partial charge on any atom is 0.245 e. The van der Waals surface area contributed by atoms with Crippen molar-refractivity contribution in [3.05, 3.63) is 30.4 Å². The lowest BCUT2D eigenvalue weighted by Crippen LogP contribution is -2.43. The highest BCUT2D eigenvalue weighted by atomic mass is 16.2. The lowest BCUT2D eigenvalue weighted by molar-refractivity contribution is -0.136. The largest absolute Gasteiger partial charge is 0.339 e. The Morgan fingerprint density at radius 1 is 1.41 bits per heavy atom. The van der Waals surface area contributed by atoms with Crippen LogP contribution in [0.1, 0.15) is 43.5 Å². The third-order valence-electron chi connectivity index (χ3n) is 4.29. The fourth-order valence-corrected chi connectivity index (χ4v) is 3.13. The summed E-state index contributed by atoms with van der Waals surface area (Å²) in [5.41, 5.74) is 0. The van der Waals surface area contributed by atoms with Crippen LogP contribution in [0.15, 0.2) is 18.7 Å². The fraction of sp³-hybridized carbons (Fsp3) is 0.600. The van der Waals surface area contributed by atoms with Crippen LogP contribution in [0.3, 0.4) is 0 Å². The van der Waals surface area contributed by atoms with Crippen LogP contribution in [-0.2, 0) is 4.79 Å². The fourth-order valence-electron chi connectivity index (χ4n) is 3.13. The number of likely N-dealkylation sites (tertiary alicyclic amines) is 1. The minimum atomic E-state index is -0.222. The summed E-state index contributed by atoms with van der Waals surface area (Å²) in [4.78, 5) is 23.0. The summed E-state index contributed by atoms with van der Waals surface area (Å²) in [6.07, 6.45) is 7.24. The molecule has 0 saturated carbocycles. The van der Waals surface area contributed by atoms with Crippen LogP contribution >= 0.6 is 0 Å². The summed E-state index contributed by atoms with van der Waals surface area (Å²) < 4.78 is 3.81. The average Bonchev–Trinajstić information content (AvgIpc) is 3.15. The molecule has 7 heteroatoms. The second-order valence-electron chi connectivity index (χ2n) is 5.92. The van der Waals surface area contributed by atoms with Gasteiger partial charge < -0.3 is 9.47 Å². The number of carbonyl (C=O) groups is 1. The van der Waals surface area contributed by atoms with Crippen molar-refractivity contribution in [3.63, 3.8) is 0 Å². The highest BCUT2D eigenvalue weighted by molar-refractivity contribution is 5.80. The number of piperidine rings is 1. The van der Waals surface area contributed by atoms with E-state index in [1.165, 1.54) is 0 Å². The Morgan fingerprint density at radius 3 is 2.86 bits per heavy atom. The number of carbonyl (C=O) groups excluding carboxylic acids is 1. The van der Waals surface area contributed by atoms with E-state index < -0.39 is 0 Å². The molecule has 0 aromatic carbocycles. The van der Waals surface area contributed by atoms with Gasteiger partial charge in [-0.15, -0.1) is 0 Å². The minimum absolute atomic E-state index is 0.136. The first-order valence-corrected chi connectivity index (χ1v) is 7.72. The van der Waals surface area contributed by atoms with Gasteiger partial charge in [-0.1, -0.05) is 0 Å². The monoisotopic (exact) mass is 302 g/mol. The zero-order valence-corrected chi connectivity index (χ0v) is 13.3. The Morgan fingerprint density at radius 2 is 2.23 bits per heavy atom. The Hall–Kier alpha value is -2.18. The average molecular weight is 302 g/mol. The molecule has 7 nitrogen and oxygen atoms in total. The van der Waals surface area contributed by atoms with Gasteiger partial charge in [-0.05, 0) is 33.6 Å². The van der Waals surface area contributed by atoms with Crippen LogP contribution in [0.2, 0.25) is 0 Å². The van der Waals surface area contributed by atoms with E-state index in [9.17, 15) is 4.79 Å². The Kier molecular flexibility index (Phi) is 3.96. The number of hydrogen-bond donors (Lipinski definition) is 0. The number of aromatic nitrogens is 5. The Bertz CT molecular complexity index is 647. The first-order chi connectivity index (χ1) is 10.6. The van der Waals surface area contributed by atoms with Crippen LogP contribution in [0.4, 0.5) is 0 Å². The van der Waals surface area contributed by atoms with E-state index in [4.69, 9.17) is 0 Å². The van der Waals surface area contributed by atoms with E-state index in [1.54, 1.807) is 12.5 Å². The van der Waals surface area contributed by atoms with Crippen molar-refractivity contribution in [3.8, 4) is 0 Å². The lowest BCUT2D eigenvalue weighted by atomic mass is 10.0. The minimum Gasteiger partial charge on any atom is -0.339 e. The van der Waals surface area contributed by atoms with Gasteiger partial charge in [0.1, 0.15) is 17.7 Å². The third kappa shape index (κ3) is 2.75. The molecule has 1 amide bonds. The molecule has 22 heavy (non-hydrogen) atoms. The maximum atomic E-state index is 12.7. The van der Waals surface area contributed by atoms with Crippen LogP contribution in [0.25, 0.3) is 0 Å². The summed E-state index contributed by atoms with van der Waals surface area (Å²) in [5, 5.41) is 4.47. The van der Waals surface area contributed by atoms with Gasteiger partial charge in [0.05, 0.1) is 12.4 Å². The van der Waals surface area contributed by atoms with Crippen LogP contribution in [0.5, 0.6) is 0 Å². The smallest absolute Gasteiger partial charge is 0.245 e. The number of imidazole rings is 1. The molecule has 2 atom stereocenters. The highest BCUT2D eigenvalue weighted by Gasteiger charge is 2.29. The molecule has 0 radical (unpaired) electrons. The van der Waals surface area contributed by atoms with E-state index in [2.05, 4.69) is 15.1 Å². The molecule has 1 aliphatic heterocycles. The zero-order chi connectivity index (χ0) is 15.7. The predicted molar refractivity (Wildman–Crippen MR) is 81.3 cm³/mol. The predicted octanol–water partition coefficient (Wildman–Crippen LogP) is 1.52. The molecule has 0 N–H and O–H groups in total. The van der Waals surface area contributed by atoms with Crippen molar-refractivity contribution in [1.29, 1.82) is 0 Å². The molecule has 1 fully saturated rings. The van der Waals surface area contributed by atoms with Gasteiger partial charge in [0.2, 0.25) is 5.91 Å². The molecule has 2 aromatic rings. The van der Waals surface area contributed by atoms with E-state index in [0.717, 1.165) is 31.0 Å². The van der Waals surface area contributed by atoms with E-state index in [1.807, 2.05) is 41.1 Å².